The number of piperazine rings is 1. The molecule has 0 spiro atoms. The summed E-state index contributed by atoms with van der Waals surface area (Å²) < 4.78 is 29.9. The van der Waals surface area contributed by atoms with Crippen molar-refractivity contribution in [1.29, 1.82) is 0 Å². The van der Waals surface area contributed by atoms with Crippen LogP contribution in [0.2, 0.25) is 0 Å². The minimum absolute atomic E-state index is 0.0560. The number of carboxylic acids is 1. The molecule has 0 radical (unpaired) electrons. The summed E-state index contributed by atoms with van der Waals surface area (Å²) in [5.41, 5.74) is 3.62. The molecule has 1 fully saturated rings. The third-order valence-electron chi connectivity index (χ3n) is 6.22. The van der Waals surface area contributed by atoms with Crippen LogP contribution in [0.1, 0.15) is 28.4 Å². The van der Waals surface area contributed by atoms with Crippen molar-refractivity contribution < 1.29 is 18.3 Å². The van der Waals surface area contributed by atoms with Gasteiger partial charge in [-0.25, -0.2) is 4.79 Å². The van der Waals surface area contributed by atoms with Crippen LogP contribution in [-0.4, -0.2) is 55.7 Å². The quantitative estimate of drug-likeness (QED) is 0.371. The summed E-state index contributed by atoms with van der Waals surface area (Å²) in [7, 11) is -3.88. The molecule has 1 aliphatic rings. The second-order valence-electron chi connectivity index (χ2n) is 8.61. The third kappa shape index (κ3) is 6.60. The molecule has 36 heavy (non-hydrogen) atoms. The molecule has 3 aromatic rings. The smallest absolute Gasteiger partial charge is 0.337 e. The number of nitrogens with one attached hydrogen (secondary N) is 1. The number of thioether (sulfide) groups is 1. The lowest BCUT2D eigenvalue weighted by Gasteiger charge is -2.35. The molecule has 1 aliphatic heterocycles. The monoisotopic (exact) mass is 525 g/mol. The van der Waals surface area contributed by atoms with Crippen molar-refractivity contribution in [2.75, 3.05) is 41.6 Å². The van der Waals surface area contributed by atoms with Crippen molar-refractivity contribution in [1.82, 2.24) is 4.31 Å². The summed E-state index contributed by atoms with van der Waals surface area (Å²) in [6.45, 7) is 3.89. The van der Waals surface area contributed by atoms with Crippen LogP contribution in [0, 0.1) is 0 Å². The molecular formula is C27H31N3O4S2. The van der Waals surface area contributed by atoms with E-state index in [1.807, 2.05) is 30.3 Å². The lowest BCUT2D eigenvalue weighted by molar-refractivity contribution is 0.0697. The molecule has 0 atom stereocenters. The minimum atomic E-state index is -3.88. The number of para-hydroxylation sites is 1. The molecule has 7 nitrogen and oxygen atoms in total. The van der Waals surface area contributed by atoms with Crippen LogP contribution in [0.25, 0.3) is 0 Å². The highest BCUT2D eigenvalue weighted by Gasteiger charge is 2.28. The Balaban J connectivity index is 1.38. The van der Waals surface area contributed by atoms with Gasteiger partial charge in [-0.3, -0.25) is 4.72 Å². The van der Waals surface area contributed by atoms with Crippen molar-refractivity contribution in [3.05, 3.63) is 89.5 Å². The molecule has 190 valence electrons. The zero-order valence-corrected chi connectivity index (χ0v) is 21.9. The number of carboxylic acid groups (broad SMARTS) is 1. The summed E-state index contributed by atoms with van der Waals surface area (Å²) in [4.78, 5) is 14.9. The fourth-order valence-corrected chi connectivity index (χ4v) is 6.37. The van der Waals surface area contributed by atoms with Crippen LogP contribution < -0.4 is 9.62 Å². The summed E-state index contributed by atoms with van der Waals surface area (Å²) in [6, 6.07) is 23.2. The van der Waals surface area contributed by atoms with Crippen molar-refractivity contribution >= 4 is 39.3 Å². The molecular weight excluding hydrogens is 494 g/mol. The third-order valence-corrected chi connectivity index (χ3v) is 8.74. The summed E-state index contributed by atoms with van der Waals surface area (Å²) in [5.74, 6) is -0.372. The Morgan fingerprint density at radius 2 is 1.67 bits per heavy atom. The highest BCUT2D eigenvalue weighted by molar-refractivity contribution is 7.99. The van der Waals surface area contributed by atoms with E-state index in [4.69, 9.17) is 0 Å². The van der Waals surface area contributed by atoms with E-state index in [0.717, 1.165) is 29.2 Å². The van der Waals surface area contributed by atoms with Crippen LogP contribution in [0.15, 0.2) is 77.7 Å². The van der Waals surface area contributed by atoms with Gasteiger partial charge in [0, 0.05) is 42.5 Å². The highest BCUT2D eigenvalue weighted by Crippen LogP contribution is 2.27. The molecule has 0 bridgehead atoms. The van der Waals surface area contributed by atoms with E-state index >= 15 is 0 Å². The standard InChI is InChI=1S/C27H31N3O4S2/c1-2-21-7-6-8-22(19-21)13-18-35-24-11-12-26(25(20-24)27(31)32)28-36(33,34)30-16-14-29(15-17-30)23-9-4-3-5-10-23/h3-12,19-20,28H,2,13-18H2,1H3,(H,31,32). The Morgan fingerprint density at radius 3 is 2.36 bits per heavy atom. The number of hydrogen-bond donors (Lipinski definition) is 2. The Bertz CT molecular complexity index is 1290. The van der Waals surface area contributed by atoms with Gasteiger partial charge in [0.05, 0.1) is 11.3 Å². The van der Waals surface area contributed by atoms with E-state index in [1.54, 1.807) is 30.0 Å². The fraction of sp³-hybridized carbons (Fsp3) is 0.296. The van der Waals surface area contributed by atoms with Crippen LogP contribution in [0.4, 0.5) is 11.4 Å². The second kappa shape index (κ2) is 11.8. The zero-order chi connectivity index (χ0) is 25.5. The topological polar surface area (TPSA) is 90.0 Å². The van der Waals surface area contributed by atoms with Gasteiger partial charge >= 0.3 is 16.2 Å². The molecule has 0 unspecified atom stereocenters. The van der Waals surface area contributed by atoms with Crippen molar-refractivity contribution in [3.8, 4) is 0 Å². The van der Waals surface area contributed by atoms with Gasteiger partial charge in [-0.1, -0.05) is 49.4 Å². The van der Waals surface area contributed by atoms with Gasteiger partial charge in [-0.15, -0.1) is 11.8 Å². The largest absolute Gasteiger partial charge is 0.478 e. The lowest BCUT2D eigenvalue weighted by atomic mass is 10.1. The van der Waals surface area contributed by atoms with Gasteiger partial charge in [-0.2, -0.15) is 12.7 Å². The van der Waals surface area contributed by atoms with Gasteiger partial charge < -0.3 is 10.0 Å². The van der Waals surface area contributed by atoms with Gasteiger partial charge in [0.1, 0.15) is 0 Å². The normalized spacial score (nSPS) is 14.5. The number of carbonyl (C=O) groups is 1. The Hall–Kier alpha value is -3.01. The first kappa shape index (κ1) is 26.1. The number of aromatic carboxylic acids is 1. The Labute approximate surface area is 217 Å². The predicted octanol–water partition coefficient (Wildman–Crippen LogP) is 4.76. The molecule has 1 saturated heterocycles. The first-order valence-electron chi connectivity index (χ1n) is 12.0. The average Bonchev–Trinajstić information content (AvgIpc) is 2.90. The average molecular weight is 526 g/mol. The Kier molecular flexibility index (Phi) is 8.56. The van der Waals surface area contributed by atoms with E-state index in [2.05, 4.69) is 40.8 Å². The van der Waals surface area contributed by atoms with Gasteiger partial charge in [0.2, 0.25) is 0 Å². The van der Waals surface area contributed by atoms with E-state index < -0.39 is 16.2 Å². The maximum atomic E-state index is 13.0. The number of benzene rings is 3. The molecule has 1 heterocycles. The van der Waals surface area contributed by atoms with E-state index in [9.17, 15) is 18.3 Å². The van der Waals surface area contributed by atoms with E-state index in [0.29, 0.717) is 26.2 Å². The van der Waals surface area contributed by atoms with Crippen LogP contribution in [-0.2, 0) is 23.1 Å². The van der Waals surface area contributed by atoms with Gasteiger partial charge in [0.25, 0.3) is 0 Å². The first-order chi connectivity index (χ1) is 17.4. The molecule has 0 saturated carbocycles. The maximum absolute atomic E-state index is 13.0. The summed E-state index contributed by atoms with van der Waals surface area (Å²) >= 11 is 1.56. The summed E-state index contributed by atoms with van der Waals surface area (Å²) in [5, 5.41) is 9.75. The molecule has 3 aromatic carbocycles. The number of aryl methyl sites for hydroxylation is 2. The molecule has 0 aromatic heterocycles. The lowest BCUT2D eigenvalue weighted by Crippen LogP contribution is -2.50. The maximum Gasteiger partial charge on any atom is 0.337 e. The molecule has 0 amide bonds. The number of anilines is 2. The van der Waals surface area contributed by atoms with Crippen LogP contribution >= 0.6 is 11.8 Å². The minimum Gasteiger partial charge on any atom is -0.478 e. The molecule has 9 heteroatoms. The van der Waals surface area contributed by atoms with E-state index in [-0.39, 0.29) is 11.3 Å². The van der Waals surface area contributed by atoms with Crippen LogP contribution in [0.3, 0.4) is 0 Å². The SMILES string of the molecule is CCc1cccc(CCSc2ccc(NS(=O)(=O)N3CCN(c4ccccc4)CC3)c(C(=O)O)c2)c1. The van der Waals surface area contributed by atoms with Crippen molar-refractivity contribution in [2.45, 2.75) is 24.7 Å². The zero-order valence-electron chi connectivity index (χ0n) is 20.3. The van der Waals surface area contributed by atoms with Gasteiger partial charge in [0.15, 0.2) is 0 Å². The predicted molar refractivity (Wildman–Crippen MR) is 146 cm³/mol. The number of rotatable bonds is 10. The molecule has 4 rings (SSSR count). The van der Waals surface area contributed by atoms with Crippen LogP contribution in [0.5, 0.6) is 0 Å². The summed E-state index contributed by atoms with van der Waals surface area (Å²) in [6.07, 6.45) is 1.85. The molecule has 2 N–H and O–H groups in total. The molecule has 0 aliphatic carbocycles. The van der Waals surface area contributed by atoms with E-state index in [1.165, 1.54) is 15.4 Å². The number of hydrogen-bond acceptors (Lipinski definition) is 5. The first-order valence-corrected chi connectivity index (χ1v) is 14.4. The van der Waals surface area contributed by atoms with Crippen molar-refractivity contribution in [3.63, 3.8) is 0 Å². The van der Waals surface area contributed by atoms with Crippen molar-refractivity contribution in [2.24, 2.45) is 0 Å². The number of nitrogens with zero attached hydrogens (tertiary/aromatic N) is 2. The second-order valence-corrected chi connectivity index (χ2v) is 11.5. The van der Waals surface area contributed by atoms with Gasteiger partial charge in [-0.05, 0) is 54.3 Å². The fourth-order valence-electron chi connectivity index (χ4n) is 4.20. The highest BCUT2D eigenvalue weighted by atomic mass is 32.2. The Morgan fingerprint density at radius 1 is 0.944 bits per heavy atom.